The van der Waals surface area contributed by atoms with E-state index >= 15 is 0 Å². The van der Waals surface area contributed by atoms with Crippen LogP contribution in [0.1, 0.15) is 25.0 Å². The van der Waals surface area contributed by atoms with Crippen LogP contribution in [0.15, 0.2) is 30.0 Å². The summed E-state index contributed by atoms with van der Waals surface area (Å²) in [5.74, 6) is -0.394. The maximum Gasteiger partial charge on any atom is 0.267 e. The number of hydrogen-bond donors (Lipinski definition) is 2. The Hall–Kier alpha value is -2.32. The van der Waals surface area contributed by atoms with E-state index in [1.54, 1.807) is 0 Å². The fourth-order valence-electron chi connectivity index (χ4n) is 2.23. The SMILES string of the molecule is CCN(CC)CCN/C=C(/C#N)C(=O)Nc1ccc(C)cc1C. The Kier molecular flexibility index (Phi) is 7.86. The number of aryl methyl sites for hydroxylation is 2. The number of nitriles is 1. The van der Waals surface area contributed by atoms with Crippen molar-refractivity contribution >= 4 is 11.6 Å². The van der Waals surface area contributed by atoms with Crippen molar-refractivity contribution in [3.63, 3.8) is 0 Å². The molecule has 5 nitrogen and oxygen atoms in total. The van der Waals surface area contributed by atoms with Crippen molar-refractivity contribution in [1.82, 2.24) is 10.2 Å². The summed E-state index contributed by atoms with van der Waals surface area (Å²) >= 11 is 0. The van der Waals surface area contributed by atoms with E-state index in [2.05, 4.69) is 29.4 Å². The highest BCUT2D eigenvalue weighted by molar-refractivity contribution is 6.06. The summed E-state index contributed by atoms with van der Waals surface area (Å²) in [6.07, 6.45) is 1.49. The summed E-state index contributed by atoms with van der Waals surface area (Å²) < 4.78 is 0. The second-order valence-corrected chi connectivity index (χ2v) is 5.42. The van der Waals surface area contributed by atoms with Gasteiger partial charge in [-0.25, -0.2) is 0 Å². The molecule has 0 spiro atoms. The summed E-state index contributed by atoms with van der Waals surface area (Å²) in [7, 11) is 0. The number of anilines is 1. The van der Waals surface area contributed by atoms with Gasteiger partial charge in [-0.3, -0.25) is 4.79 Å². The van der Waals surface area contributed by atoms with Gasteiger partial charge in [-0.1, -0.05) is 31.5 Å². The average molecular weight is 314 g/mol. The molecule has 2 N–H and O–H groups in total. The Balaban J connectivity index is 2.61. The first-order valence-corrected chi connectivity index (χ1v) is 7.96. The molecule has 0 aromatic heterocycles. The Morgan fingerprint density at radius 2 is 2.00 bits per heavy atom. The number of nitrogens with zero attached hydrogens (tertiary/aromatic N) is 2. The Morgan fingerprint density at radius 3 is 2.57 bits per heavy atom. The molecule has 0 atom stereocenters. The van der Waals surface area contributed by atoms with Gasteiger partial charge in [0.15, 0.2) is 0 Å². The fraction of sp³-hybridized carbons (Fsp3) is 0.444. The maximum atomic E-state index is 12.2. The monoisotopic (exact) mass is 314 g/mol. The zero-order chi connectivity index (χ0) is 17.2. The predicted molar refractivity (Wildman–Crippen MR) is 94.0 cm³/mol. The molecular weight excluding hydrogens is 288 g/mol. The summed E-state index contributed by atoms with van der Waals surface area (Å²) in [6.45, 7) is 11.7. The third kappa shape index (κ3) is 6.13. The molecule has 0 bridgehead atoms. The van der Waals surface area contributed by atoms with Crippen LogP contribution in [0.3, 0.4) is 0 Å². The highest BCUT2D eigenvalue weighted by atomic mass is 16.1. The molecular formula is C18H26N4O. The predicted octanol–water partition coefficient (Wildman–Crippen LogP) is 2.58. The molecule has 0 aliphatic carbocycles. The van der Waals surface area contributed by atoms with E-state index in [9.17, 15) is 4.79 Å². The Morgan fingerprint density at radius 1 is 1.30 bits per heavy atom. The van der Waals surface area contributed by atoms with Crippen molar-refractivity contribution in [2.24, 2.45) is 0 Å². The zero-order valence-corrected chi connectivity index (χ0v) is 14.4. The topological polar surface area (TPSA) is 68.2 Å². The summed E-state index contributed by atoms with van der Waals surface area (Å²) in [6, 6.07) is 7.72. The number of amides is 1. The van der Waals surface area contributed by atoms with Gasteiger partial charge in [0.25, 0.3) is 5.91 Å². The van der Waals surface area contributed by atoms with E-state index < -0.39 is 5.91 Å². The zero-order valence-electron chi connectivity index (χ0n) is 14.4. The van der Waals surface area contributed by atoms with E-state index in [0.717, 1.165) is 36.4 Å². The molecule has 1 amide bonds. The lowest BCUT2D eigenvalue weighted by atomic mass is 10.1. The number of hydrogen-bond acceptors (Lipinski definition) is 4. The minimum absolute atomic E-state index is 0.0736. The van der Waals surface area contributed by atoms with E-state index in [1.807, 2.05) is 38.1 Å². The minimum atomic E-state index is -0.394. The molecule has 1 aromatic carbocycles. The molecule has 1 rings (SSSR count). The summed E-state index contributed by atoms with van der Waals surface area (Å²) in [5.41, 5.74) is 2.91. The number of carbonyl (C=O) groups excluding carboxylic acids is 1. The lowest BCUT2D eigenvalue weighted by Gasteiger charge is -2.17. The van der Waals surface area contributed by atoms with E-state index in [1.165, 1.54) is 6.20 Å². The van der Waals surface area contributed by atoms with Gasteiger partial charge in [-0.05, 0) is 38.6 Å². The van der Waals surface area contributed by atoms with Crippen LogP contribution in [-0.2, 0) is 4.79 Å². The molecule has 5 heteroatoms. The van der Waals surface area contributed by atoms with Crippen molar-refractivity contribution in [2.45, 2.75) is 27.7 Å². The van der Waals surface area contributed by atoms with Crippen LogP contribution in [0.4, 0.5) is 5.69 Å². The van der Waals surface area contributed by atoms with Gasteiger partial charge in [0.2, 0.25) is 0 Å². The first-order chi connectivity index (χ1) is 11.0. The van der Waals surface area contributed by atoms with Gasteiger partial charge in [-0.15, -0.1) is 0 Å². The molecule has 0 fully saturated rings. The van der Waals surface area contributed by atoms with Gasteiger partial charge < -0.3 is 15.5 Å². The maximum absolute atomic E-state index is 12.2. The summed E-state index contributed by atoms with van der Waals surface area (Å²) in [5, 5.41) is 15.0. The second-order valence-electron chi connectivity index (χ2n) is 5.42. The second kappa shape index (κ2) is 9.65. The number of rotatable bonds is 8. The lowest BCUT2D eigenvalue weighted by molar-refractivity contribution is -0.112. The molecule has 124 valence electrons. The highest BCUT2D eigenvalue weighted by Gasteiger charge is 2.10. The number of likely N-dealkylation sites (N-methyl/N-ethyl adjacent to an activating group) is 1. The third-order valence-corrected chi connectivity index (χ3v) is 3.71. The average Bonchev–Trinajstić information content (AvgIpc) is 2.53. The van der Waals surface area contributed by atoms with Crippen molar-refractivity contribution in [1.29, 1.82) is 5.26 Å². The van der Waals surface area contributed by atoms with Crippen molar-refractivity contribution < 1.29 is 4.79 Å². The molecule has 0 aliphatic rings. The summed E-state index contributed by atoms with van der Waals surface area (Å²) in [4.78, 5) is 14.4. The van der Waals surface area contributed by atoms with Crippen LogP contribution in [0.25, 0.3) is 0 Å². The van der Waals surface area contributed by atoms with E-state index in [0.29, 0.717) is 6.54 Å². The molecule has 0 saturated carbocycles. The van der Waals surface area contributed by atoms with Crippen LogP contribution in [0.5, 0.6) is 0 Å². The quantitative estimate of drug-likeness (QED) is 0.440. The molecule has 0 unspecified atom stereocenters. The molecule has 0 heterocycles. The smallest absolute Gasteiger partial charge is 0.267 e. The van der Waals surface area contributed by atoms with Crippen molar-refractivity contribution in [3.05, 3.63) is 41.1 Å². The first-order valence-electron chi connectivity index (χ1n) is 7.96. The number of carbonyl (C=O) groups is 1. The molecule has 0 radical (unpaired) electrons. The highest BCUT2D eigenvalue weighted by Crippen LogP contribution is 2.16. The Labute approximate surface area is 139 Å². The standard InChI is InChI=1S/C18H26N4O/c1-5-22(6-2)10-9-20-13-16(12-19)18(23)21-17-8-7-14(3)11-15(17)4/h7-8,11,13,20H,5-6,9-10H2,1-4H3,(H,21,23)/b16-13-. The molecule has 0 aliphatic heterocycles. The lowest BCUT2D eigenvalue weighted by Crippen LogP contribution is -2.30. The Bertz CT molecular complexity index is 598. The minimum Gasteiger partial charge on any atom is -0.388 e. The van der Waals surface area contributed by atoms with Crippen molar-refractivity contribution in [2.75, 3.05) is 31.5 Å². The first kappa shape index (κ1) is 18.7. The fourth-order valence-corrected chi connectivity index (χ4v) is 2.23. The number of benzene rings is 1. The molecule has 23 heavy (non-hydrogen) atoms. The van der Waals surface area contributed by atoms with Crippen LogP contribution in [-0.4, -0.2) is 37.0 Å². The van der Waals surface area contributed by atoms with E-state index in [-0.39, 0.29) is 5.57 Å². The van der Waals surface area contributed by atoms with Crippen LogP contribution in [0.2, 0.25) is 0 Å². The molecule has 0 saturated heterocycles. The van der Waals surface area contributed by atoms with Gasteiger partial charge in [0, 0.05) is 25.0 Å². The normalized spacial score (nSPS) is 11.2. The molecule has 1 aromatic rings. The van der Waals surface area contributed by atoms with Crippen LogP contribution < -0.4 is 10.6 Å². The third-order valence-electron chi connectivity index (χ3n) is 3.71. The van der Waals surface area contributed by atoms with Gasteiger partial charge in [0.1, 0.15) is 11.6 Å². The van der Waals surface area contributed by atoms with Gasteiger partial charge in [-0.2, -0.15) is 5.26 Å². The van der Waals surface area contributed by atoms with Crippen molar-refractivity contribution in [3.8, 4) is 6.07 Å². The van der Waals surface area contributed by atoms with Crippen LogP contribution in [0, 0.1) is 25.2 Å². The van der Waals surface area contributed by atoms with E-state index in [4.69, 9.17) is 5.26 Å². The van der Waals surface area contributed by atoms with Gasteiger partial charge in [0.05, 0.1) is 0 Å². The van der Waals surface area contributed by atoms with Crippen LogP contribution >= 0.6 is 0 Å². The van der Waals surface area contributed by atoms with Gasteiger partial charge >= 0.3 is 0 Å². The number of nitrogens with one attached hydrogen (secondary N) is 2. The largest absolute Gasteiger partial charge is 0.388 e.